The molecule has 248 valence electrons. The van der Waals surface area contributed by atoms with Crippen LogP contribution < -0.4 is 0 Å². The molecule has 0 saturated heterocycles. The van der Waals surface area contributed by atoms with Crippen LogP contribution in [0.5, 0.6) is 0 Å². The molecule has 0 N–H and O–H groups in total. The van der Waals surface area contributed by atoms with E-state index < -0.39 is 0 Å². The lowest BCUT2D eigenvalue weighted by Gasteiger charge is -2.61. The molecule has 5 aliphatic carbocycles. The molecule has 52 heavy (non-hydrogen) atoms. The van der Waals surface area contributed by atoms with Crippen molar-refractivity contribution >= 4 is 32.6 Å². The van der Waals surface area contributed by atoms with Crippen molar-refractivity contribution in [1.29, 1.82) is 0 Å². The maximum absolute atomic E-state index is 5.58. The number of nitrogens with zero attached hydrogens (tertiary/aromatic N) is 2. The van der Waals surface area contributed by atoms with Crippen molar-refractivity contribution in [1.82, 2.24) is 9.97 Å². The Hall–Kier alpha value is -5.60. The number of hydrogen-bond acceptors (Lipinski definition) is 2. The Morgan fingerprint density at radius 1 is 0.423 bits per heavy atom. The van der Waals surface area contributed by atoms with Gasteiger partial charge in [-0.15, -0.1) is 0 Å². The average Bonchev–Trinajstić information content (AvgIpc) is 3.47. The van der Waals surface area contributed by atoms with E-state index in [9.17, 15) is 0 Å². The molecule has 0 radical (unpaired) electrons. The third-order valence-electron chi connectivity index (χ3n) is 13.6. The van der Waals surface area contributed by atoms with E-state index in [2.05, 4.69) is 146 Å². The van der Waals surface area contributed by atoms with E-state index in [0.29, 0.717) is 0 Å². The maximum Gasteiger partial charge on any atom is 0.0973 e. The minimum Gasteiger partial charge on any atom is -0.244 e. The van der Waals surface area contributed by atoms with Gasteiger partial charge in [0.25, 0.3) is 0 Å². The lowest BCUT2D eigenvalue weighted by molar-refractivity contribution is -0.0398. The molecule has 1 aromatic heterocycles. The number of benzene rings is 7. The van der Waals surface area contributed by atoms with E-state index in [1.165, 1.54) is 70.5 Å². The average molecular weight is 667 g/mol. The summed E-state index contributed by atoms with van der Waals surface area (Å²) >= 11 is 0. The molecule has 5 aliphatic rings. The molecule has 2 nitrogen and oxygen atoms in total. The van der Waals surface area contributed by atoms with Gasteiger partial charge in [0.05, 0.1) is 22.4 Å². The van der Waals surface area contributed by atoms with E-state index in [4.69, 9.17) is 9.97 Å². The second-order valence-electron chi connectivity index (χ2n) is 16.2. The fraction of sp³-hybridized carbons (Fsp3) is 0.200. The third kappa shape index (κ3) is 4.01. The first-order valence-electron chi connectivity index (χ1n) is 19.2. The summed E-state index contributed by atoms with van der Waals surface area (Å²) in [6.45, 7) is 0. The van der Waals surface area contributed by atoms with E-state index in [1.807, 2.05) is 0 Å². The molecule has 1 spiro atoms. The highest BCUT2D eigenvalue weighted by atomic mass is 14.8. The minimum absolute atomic E-state index is 0.113. The Labute approximate surface area is 304 Å². The summed E-state index contributed by atoms with van der Waals surface area (Å²) in [4.78, 5) is 11.0. The zero-order chi connectivity index (χ0) is 34.0. The zero-order valence-electron chi connectivity index (χ0n) is 29.1. The SMILES string of the molecule is c1ccc(-c2ccc(-c3nc4ccc5ccccc5c4nc3-c3ccc4c(c3)-c3cc5ccccc5cc3C43C4CC5CC(C4)CC3C5)cc2)cc1. The first-order valence-corrected chi connectivity index (χ1v) is 19.2. The first-order chi connectivity index (χ1) is 25.7. The van der Waals surface area contributed by atoms with E-state index in [0.717, 1.165) is 62.6 Å². The number of rotatable bonds is 3. The van der Waals surface area contributed by atoms with Gasteiger partial charge in [0.1, 0.15) is 0 Å². The van der Waals surface area contributed by atoms with Crippen molar-refractivity contribution in [3.63, 3.8) is 0 Å². The van der Waals surface area contributed by atoms with Gasteiger partial charge >= 0.3 is 0 Å². The van der Waals surface area contributed by atoms with Crippen molar-refractivity contribution in [2.45, 2.75) is 37.5 Å². The molecule has 0 amide bonds. The fourth-order valence-electron chi connectivity index (χ4n) is 11.7. The van der Waals surface area contributed by atoms with E-state index in [-0.39, 0.29) is 5.41 Å². The van der Waals surface area contributed by atoms with Crippen LogP contribution in [0.15, 0.2) is 146 Å². The van der Waals surface area contributed by atoms with Gasteiger partial charge in [-0.2, -0.15) is 0 Å². The standard InChI is InChI=1S/C50H38N2/c1-2-8-32(9-3-1)33-14-16-35(17-15-33)47-48(52-49-41-13-7-6-10-34(41)19-21-46(49)51-47)38-18-20-44-42(28-38)43-27-36-11-4-5-12-37(36)29-45(43)50(44)39-23-30-22-31(25-39)26-40(50)24-30/h1-21,27-31,39-40H,22-26H2. The van der Waals surface area contributed by atoms with Gasteiger partial charge in [-0.25, -0.2) is 9.97 Å². The number of hydrogen-bond donors (Lipinski definition) is 0. The second-order valence-corrected chi connectivity index (χ2v) is 16.2. The molecule has 1 heterocycles. The van der Waals surface area contributed by atoms with Gasteiger partial charge < -0.3 is 0 Å². The van der Waals surface area contributed by atoms with E-state index in [1.54, 1.807) is 11.1 Å². The van der Waals surface area contributed by atoms with Crippen LogP contribution in [0.3, 0.4) is 0 Å². The molecule has 2 heteroatoms. The van der Waals surface area contributed by atoms with Crippen LogP contribution in [-0.2, 0) is 5.41 Å². The van der Waals surface area contributed by atoms with Gasteiger partial charge in [-0.1, -0.05) is 121 Å². The molecule has 0 unspecified atom stereocenters. The quantitative estimate of drug-likeness (QED) is 0.175. The van der Waals surface area contributed by atoms with Crippen molar-refractivity contribution in [2.75, 3.05) is 0 Å². The van der Waals surface area contributed by atoms with Crippen LogP contribution in [0.1, 0.15) is 43.2 Å². The Morgan fingerprint density at radius 2 is 1.02 bits per heavy atom. The normalized spacial score (nSPS) is 23.8. The topological polar surface area (TPSA) is 25.8 Å². The molecule has 8 aromatic rings. The van der Waals surface area contributed by atoms with Crippen molar-refractivity contribution in [3.05, 3.63) is 157 Å². The Balaban J connectivity index is 1.10. The molecule has 0 aliphatic heterocycles. The van der Waals surface area contributed by atoms with Crippen LogP contribution in [0.25, 0.3) is 77.3 Å². The van der Waals surface area contributed by atoms with Gasteiger partial charge in [0, 0.05) is 21.9 Å². The molecule has 7 aromatic carbocycles. The summed E-state index contributed by atoms with van der Waals surface area (Å²) in [5, 5.41) is 5.03. The predicted octanol–water partition coefficient (Wildman–Crippen LogP) is 12.7. The lowest BCUT2D eigenvalue weighted by atomic mass is 9.43. The number of aromatic nitrogens is 2. The summed E-state index contributed by atoms with van der Waals surface area (Å²) in [5.41, 5.74) is 14.6. The maximum atomic E-state index is 5.58. The number of fused-ring (bicyclic) bond motifs is 7. The monoisotopic (exact) mass is 666 g/mol. The zero-order valence-corrected chi connectivity index (χ0v) is 29.1. The third-order valence-corrected chi connectivity index (χ3v) is 13.6. The van der Waals surface area contributed by atoms with Crippen molar-refractivity contribution in [2.24, 2.45) is 23.7 Å². The highest BCUT2D eigenvalue weighted by molar-refractivity contribution is 6.05. The summed E-state index contributed by atoms with van der Waals surface area (Å²) in [6, 6.07) is 53.9. The molecular formula is C50H38N2. The van der Waals surface area contributed by atoms with Gasteiger partial charge in [0.15, 0.2) is 0 Å². The molecular weight excluding hydrogens is 629 g/mol. The summed E-state index contributed by atoms with van der Waals surface area (Å²) in [5.74, 6) is 3.28. The molecule has 0 atom stereocenters. The highest BCUT2D eigenvalue weighted by Crippen LogP contribution is 2.69. The van der Waals surface area contributed by atoms with Crippen molar-refractivity contribution < 1.29 is 0 Å². The predicted molar refractivity (Wildman–Crippen MR) is 214 cm³/mol. The first kappa shape index (κ1) is 29.0. The second kappa shape index (κ2) is 10.7. The Bertz CT molecular complexity index is 2710. The Kier molecular flexibility index (Phi) is 5.98. The molecule has 4 saturated carbocycles. The highest BCUT2D eigenvalue weighted by Gasteiger charge is 2.61. The van der Waals surface area contributed by atoms with Gasteiger partial charge in [0.2, 0.25) is 0 Å². The van der Waals surface area contributed by atoms with Crippen LogP contribution in [-0.4, -0.2) is 9.97 Å². The van der Waals surface area contributed by atoms with Crippen LogP contribution >= 0.6 is 0 Å². The fourth-order valence-corrected chi connectivity index (χ4v) is 11.7. The lowest BCUT2D eigenvalue weighted by Crippen LogP contribution is -2.55. The van der Waals surface area contributed by atoms with Crippen molar-refractivity contribution in [3.8, 4) is 44.8 Å². The molecule has 13 rings (SSSR count). The summed E-state index contributed by atoms with van der Waals surface area (Å²) in [7, 11) is 0. The van der Waals surface area contributed by atoms with Crippen LogP contribution in [0, 0.1) is 23.7 Å². The van der Waals surface area contributed by atoms with Gasteiger partial charge in [-0.3, -0.25) is 0 Å². The largest absolute Gasteiger partial charge is 0.244 e. The van der Waals surface area contributed by atoms with Crippen LogP contribution in [0.4, 0.5) is 0 Å². The summed E-state index contributed by atoms with van der Waals surface area (Å²) in [6.07, 6.45) is 6.99. The smallest absolute Gasteiger partial charge is 0.0973 e. The Morgan fingerprint density at radius 3 is 1.79 bits per heavy atom. The van der Waals surface area contributed by atoms with Crippen LogP contribution in [0.2, 0.25) is 0 Å². The summed E-state index contributed by atoms with van der Waals surface area (Å²) < 4.78 is 0. The van der Waals surface area contributed by atoms with E-state index >= 15 is 0 Å². The minimum atomic E-state index is 0.113. The molecule has 4 fully saturated rings. The van der Waals surface area contributed by atoms with Gasteiger partial charge in [-0.05, 0) is 130 Å². The molecule has 4 bridgehead atoms.